The summed E-state index contributed by atoms with van der Waals surface area (Å²) in [6.07, 6.45) is 10.8. The molecule has 1 saturated carbocycles. The first-order valence-corrected chi connectivity index (χ1v) is 6.46. The minimum absolute atomic E-state index is 0.712. The van der Waals surface area contributed by atoms with Crippen LogP contribution in [0.1, 0.15) is 43.6 Å². The van der Waals surface area contributed by atoms with Gasteiger partial charge in [-0.3, -0.25) is 4.98 Å². The average Bonchev–Trinajstić information content (AvgIpc) is 2.56. The lowest BCUT2D eigenvalue weighted by molar-refractivity contribution is 0.385. The Balaban J connectivity index is 2.14. The Morgan fingerprint density at radius 2 is 2.19 bits per heavy atom. The van der Waals surface area contributed by atoms with Gasteiger partial charge in [0.15, 0.2) is 0 Å². The quantitative estimate of drug-likeness (QED) is 0.789. The lowest BCUT2D eigenvalue weighted by Crippen LogP contribution is -2.24. The third-order valence-electron chi connectivity index (χ3n) is 3.74. The fourth-order valence-corrected chi connectivity index (χ4v) is 2.93. The number of aromatic nitrogens is 1. The average molecular weight is 218 g/mol. The van der Waals surface area contributed by atoms with Crippen molar-refractivity contribution < 1.29 is 0 Å². The van der Waals surface area contributed by atoms with E-state index in [1.165, 1.54) is 37.7 Å². The standard InChI is InChI=1S/C14H22N2/c1-15-10-12-6-3-2-4-8-14(12)13-7-5-9-16-11-13/h5,7,9,11-12,14-15H,2-4,6,8,10H2,1H3. The highest BCUT2D eigenvalue weighted by Gasteiger charge is 2.24. The molecule has 1 fully saturated rings. The van der Waals surface area contributed by atoms with Crippen LogP contribution in [0.5, 0.6) is 0 Å². The van der Waals surface area contributed by atoms with Gasteiger partial charge in [0.1, 0.15) is 0 Å². The van der Waals surface area contributed by atoms with Crippen LogP contribution in [-0.4, -0.2) is 18.6 Å². The smallest absolute Gasteiger partial charge is 0.0302 e. The van der Waals surface area contributed by atoms with E-state index in [0.717, 1.165) is 12.5 Å². The van der Waals surface area contributed by atoms with E-state index in [4.69, 9.17) is 0 Å². The molecule has 1 aromatic heterocycles. The monoisotopic (exact) mass is 218 g/mol. The SMILES string of the molecule is CNCC1CCCCCC1c1cccnc1. The van der Waals surface area contributed by atoms with Crippen LogP contribution in [0.2, 0.25) is 0 Å². The van der Waals surface area contributed by atoms with Crippen molar-refractivity contribution in [3.63, 3.8) is 0 Å². The normalized spacial score (nSPS) is 26.3. The van der Waals surface area contributed by atoms with E-state index >= 15 is 0 Å². The van der Waals surface area contributed by atoms with Gasteiger partial charge in [-0.25, -0.2) is 0 Å². The molecule has 2 nitrogen and oxygen atoms in total. The number of pyridine rings is 1. The predicted octanol–water partition coefficient (Wildman–Crippen LogP) is 2.96. The fraction of sp³-hybridized carbons (Fsp3) is 0.643. The predicted molar refractivity (Wildman–Crippen MR) is 67.5 cm³/mol. The van der Waals surface area contributed by atoms with Crippen LogP contribution in [0, 0.1) is 5.92 Å². The Hall–Kier alpha value is -0.890. The van der Waals surface area contributed by atoms with Gasteiger partial charge in [0.2, 0.25) is 0 Å². The van der Waals surface area contributed by atoms with Gasteiger partial charge in [-0.2, -0.15) is 0 Å². The molecule has 88 valence electrons. The second-order valence-corrected chi connectivity index (χ2v) is 4.85. The number of nitrogens with one attached hydrogen (secondary N) is 1. The third-order valence-corrected chi connectivity index (χ3v) is 3.74. The number of hydrogen-bond acceptors (Lipinski definition) is 2. The molecular formula is C14H22N2. The van der Waals surface area contributed by atoms with Crippen LogP contribution in [-0.2, 0) is 0 Å². The molecule has 0 saturated heterocycles. The van der Waals surface area contributed by atoms with Crippen molar-refractivity contribution in [2.75, 3.05) is 13.6 Å². The molecule has 0 amide bonds. The van der Waals surface area contributed by atoms with Crippen LogP contribution in [0.15, 0.2) is 24.5 Å². The van der Waals surface area contributed by atoms with Gasteiger partial charge in [-0.1, -0.05) is 25.3 Å². The molecule has 1 N–H and O–H groups in total. The van der Waals surface area contributed by atoms with Crippen LogP contribution < -0.4 is 5.32 Å². The van der Waals surface area contributed by atoms with Crippen molar-refractivity contribution in [1.29, 1.82) is 0 Å². The van der Waals surface area contributed by atoms with Crippen molar-refractivity contribution in [2.45, 2.75) is 38.0 Å². The first-order valence-electron chi connectivity index (χ1n) is 6.46. The van der Waals surface area contributed by atoms with Crippen LogP contribution in [0.25, 0.3) is 0 Å². The third kappa shape index (κ3) is 2.82. The molecule has 2 rings (SSSR count). The molecule has 0 bridgehead atoms. The molecule has 2 unspecified atom stereocenters. The van der Waals surface area contributed by atoms with E-state index in [1.54, 1.807) is 0 Å². The fourth-order valence-electron chi connectivity index (χ4n) is 2.93. The van der Waals surface area contributed by atoms with Gasteiger partial charge in [0.25, 0.3) is 0 Å². The van der Waals surface area contributed by atoms with Gasteiger partial charge in [-0.15, -0.1) is 0 Å². The van der Waals surface area contributed by atoms with Crippen molar-refractivity contribution >= 4 is 0 Å². The molecule has 0 spiro atoms. The Morgan fingerprint density at radius 1 is 1.31 bits per heavy atom. The summed E-state index contributed by atoms with van der Waals surface area (Å²) in [7, 11) is 2.06. The maximum atomic E-state index is 4.26. The summed E-state index contributed by atoms with van der Waals surface area (Å²) >= 11 is 0. The zero-order valence-electron chi connectivity index (χ0n) is 10.2. The van der Waals surface area contributed by atoms with Crippen LogP contribution >= 0.6 is 0 Å². The van der Waals surface area contributed by atoms with Gasteiger partial charge >= 0.3 is 0 Å². The summed E-state index contributed by atoms with van der Waals surface area (Å²) in [5.74, 6) is 1.50. The van der Waals surface area contributed by atoms with Crippen molar-refractivity contribution in [2.24, 2.45) is 5.92 Å². The highest BCUT2D eigenvalue weighted by Crippen LogP contribution is 2.35. The Morgan fingerprint density at radius 3 is 2.94 bits per heavy atom. The van der Waals surface area contributed by atoms with Crippen molar-refractivity contribution in [3.8, 4) is 0 Å². The molecule has 1 aromatic rings. The van der Waals surface area contributed by atoms with Gasteiger partial charge in [-0.05, 0) is 49.9 Å². The van der Waals surface area contributed by atoms with E-state index in [0.29, 0.717) is 5.92 Å². The Labute approximate surface area is 98.5 Å². The molecular weight excluding hydrogens is 196 g/mol. The first-order chi connectivity index (χ1) is 7.92. The molecule has 2 atom stereocenters. The second kappa shape index (κ2) is 6.00. The van der Waals surface area contributed by atoms with E-state index < -0.39 is 0 Å². The van der Waals surface area contributed by atoms with Gasteiger partial charge in [0.05, 0.1) is 0 Å². The van der Waals surface area contributed by atoms with Crippen LogP contribution in [0.4, 0.5) is 0 Å². The first kappa shape index (κ1) is 11.6. The van der Waals surface area contributed by atoms with Gasteiger partial charge < -0.3 is 5.32 Å². The van der Waals surface area contributed by atoms with E-state index in [9.17, 15) is 0 Å². The van der Waals surface area contributed by atoms with E-state index in [-0.39, 0.29) is 0 Å². The van der Waals surface area contributed by atoms with Crippen molar-refractivity contribution in [1.82, 2.24) is 10.3 Å². The highest BCUT2D eigenvalue weighted by molar-refractivity contribution is 5.16. The molecule has 16 heavy (non-hydrogen) atoms. The zero-order chi connectivity index (χ0) is 11.2. The summed E-state index contributed by atoms with van der Waals surface area (Å²) in [6, 6.07) is 4.31. The van der Waals surface area contributed by atoms with Crippen molar-refractivity contribution in [3.05, 3.63) is 30.1 Å². The van der Waals surface area contributed by atoms with E-state index in [1.807, 2.05) is 6.20 Å². The molecule has 0 aliphatic heterocycles. The highest BCUT2D eigenvalue weighted by atomic mass is 14.8. The summed E-state index contributed by atoms with van der Waals surface area (Å²) in [5, 5.41) is 3.34. The molecule has 0 aromatic carbocycles. The second-order valence-electron chi connectivity index (χ2n) is 4.85. The minimum Gasteiger partial charge on any atom is -0.319 e. The summed E-state index contributed by atoms with van der Waals surface area (Å²) in [6.45, 7) is 1.14. The minimum atomic E-state index is 0.712. The zero-order valence-corrected chi connectivity index (χ0v) is 10.2. The molecule has 1 aliphatic rings. The largest absolute Gasteiger partial charge is 0.319 e. The van der Waals surface area contributed by atoms with Crippen LogP contribution in [0.3, 0.4) is 0 Å². The topological polar surface area (TPSA) is 24.9 Å². The Kier molecular flexibility index (Phi) is 4.34. The molecule has 1 heterocycles. The molecule has 1 aliphatic carbocycles. The lowest BCUT2D eigenvalue weighted by Gasteiger charge is -2.25. The summed E-state index contributed by atoms with van der Waals surface area (Å²) in [4.78, 5) is 4.26. The maximum absolute atomic E-state index is 4.26. The van der Waals surface area contributed by atoms with Gasteiger partial charge in [0, 0.05) is 12.4 Å². The summed E-state index contributed by atoms with van der Waals surface area (Å²) < 4.78 is 0. The number of nitrogens with zero attached hydrogens (tertiary/aromatic N) is 1. The van der Waals surface area contributed by atoms with E-state index in [2.05, 4.69) is 35.7 Å². The maximum Gasteiger partial charge on any atom is 0.0302 e. The molecule has 2 heteroatoms. The Bertz CT molecular complexity index is 297. The summed E-state index contributed by atoms with van der Waals surface area (Å²) in [5.41, 5.74) is 1.43. The lowest BCUT2D eigenvalue weighted by atomic mass is 9.83. The number of rotatable bonds is 3. The number of hydrogen-bond donors (Lipinski definition) is 1. The molecule has 0 radical (unpaired) electrons.